The molecule has 6 nitrogen and oxygen atoms in total. The zero-order valence-electron chi connectivity index (χ0n) is 17.4. The van der Waals surface area contributed by atoms with Crippen molar-refractivity contribution in [3.05, 3.63) is 47.3 Å². The molecule has 1 N–H and O–H groups in total. The smallest absolute Gasteiger partial charge is 0.294 e. The third kappa shape index (κ3) is 6.07. The van der Waals surface area contributed by atoms with Crippen molar-refractivity contribution in [3.8, 4) is 0 Å². The molecule has 0 bridgehead atoms. The van der Waals surface area contributed by atoms with Crippen LogP contribution >= 0.6 is 0 Å². The predicted molar refractivity (Wildman–Crippen MR) is 109 cm³/mol. The minimum absolute atomic E-state index is 0.0494. The standard InChI is InChI=1S/C20H26F3N3O3S/c1-5-6-17(27)14-7-9-16(10-8-14)26(30(28,29)13-20(21,22)23)12-15-11-24-25-18(15)19(2,3)4/h7-11H,5-6,12-13H2,1-4H3,(H,24,25). The summed E-state index contributed by atoms with van der Waals surface area (Å²) < 4.78 is 64.9. The molecule has 0 saturated carbocycles. The van der Waals surface area contributed by atoms with Crippen molar-refractivity contribution in [1.29, 1.82) is 0 Å². The number of anilines is 1. The van der Waals surface area contributed by atoms with Crippen LogP contribution in [0.5, 0.6) is 0 Å². The van der Waals surface area contributed by atoms with Gasteiger partial charge in [0.15, 0.2) is 11.5 Å². The van der Waals surface area contributed by atoms with E-state index in [-0.39, 0.29) is 18.0 Å². The molecule has 0 aliphatic rings. The minimum atomic E-state index is -4.89. The van der Waals surface area contributed by atoms with Crippen molar-refractivity contribution in [3.63, 3.8) is 0 Å². The topological polar surface area (TPSA) is 83.1 Å². The lowest BCUT2D eigenvalue weighted by molar-refractivity contribution is -0.106. The second-order valence-electron chi connectivity index (χ2n) is 8.12. The van der Waals surface area contributed by atoms with Crippen molar-refractivity contribution in [2.24, 2.45) is 0 Å². The Morgan fingerprint density at radius 1 is 1.13 bits per heavy atom. The van der Waals surface area contributed by atoms with Crippen LogP contribution in [0.2, 0.25) is 0 Å². The fourth-order valence-electron chi connectivity index (χ4n) is 3.06. The quantitative estimate of drug-likeness (QED) is 0.603. The summed E-state index contributed by atoms with van der Waals surface area (Å²) in [6.45, 7) is 7.19. The van der Waals surface area contributed by atoms with Crippen LogP contribution in [0, 0.1) is 0 Å². The fourth-order valence-corrected chi connectivity index (χ4v) is 4.40. The molecular weight excluding hydrogens is 419 g/mol. The first-order chi connectivity index (χ1) is 13.7. The Bertz CT molecular complexity index is 975. The number of ketones is 1. The third-order valence-corrected chi connectivity index (χ3v) is 6.12. The number of alkyl halides is 3. The maximum Gasteiger partial charge on any atom is 0.404 e. The Morgan fingerprint density at radius 3 is 2.23 bits per heavy atom. The third-order valence-electron chi connectivity index (χ3n) is 4.42. The summed E-state index contributed by atoms with van der Waals surface area (Å²) in [5.41, 5.74) is 1.12. The summed E-state index contributed by atoms with van der Waals surface area (Å²) in [4.78, 5) is 12.0. The molecule has 10 heteroatoms. The highest BCUT2D eigenvalue weighted by atomic mass is 32.2. The molecule has 0 aliphatic carbocycles. The van der Waals surface area contributed by atoms with Crippen LogP contribution in [-0.4, -0.2) is 36.3 Å². The van der Waals surface area contributed by atoms with Crippen LogP contribution in [0.15, 0.2) is 30.5 Å². The zero-order chi connectivity index (χ0) is 22.7. The van der Waals surface area contributed by atoms with E-state index < -0.39 is 27.4 Å². The van der Waals surface area contributed by atoms with Gasteiger partial charge in [0.1, 0.15) is 0 Å². The summed E-state index contributed by atoms with van der Waals surface area (Å²) in [6.07, 6.45) is -2.49. The maximum atomic E-state index is 13.0. The van der Waals surface area contributed by atoms with Gasteiger partial charge in [-0.3, -0.25) is 14.2 Å². The van der Waals surface area contributed by atoms with Gasteiger partial charge in [-0.25, -0.2) is 8.42 Å². The molecule has 0 unspecified atom stereocenters. The highest BCUT2D eigenvalue weighted by Crippen LogP contribution is 2.30. The molecule has 0 saturated heterocycles. The number of hydrogen-bond acceptors (Lipinski definition) is 4. The van der Waals surface area contributed by atoms with Gasteiger partial charge in [0, 0.05) is 28.7 Å². The van der Waals surface area contributed by atoms with Gasteiger partial charge in [-0.2, -0.15) is 18.3 Å². The lowest BCUT2D eigenvalue weighted by atomic mass is 9.89. The summed E-state index contributed by atoms with van der Waals surface area (Å²) in [7, 11) is -4.73. The number of benzene rings is 1. The average Bonchev–Trinajstić information content (AvgIpc) is 3.06. The summed E-state index contributed by atoms with van der Waals surface area (Å²) >= 11 is 0. The molecule has 2 aromatic rings. The molecule has 30 heavy (non-hydrogen) atoms. The van der Waals surface area contributed by atoms with Crippen LogP contribution in [0.25, 0.3) is 0 Å². The molecule has 0 aliphatic heterocycles. The Labute approximate surface area is 174 Å². The molecule has 1 aromatic heterocycles. The lowest BCUT2D eigenvalue weighted by Gasteiger charge is -2.27. The van der Waals surface area contributed by atoms with Crippen molar-refractivity contribution >= 4 is 21.5 Å². The Morgan fingerprint density at radius 2 is 1.73 bits per heavy atom. The van der Waals surface area contributed by atoms with Gasteiger partial charge in [0.05, 0.1) is 18.4 Å². The Balaban J connectivity index is 2.47. The van der Waals surface area contributed by atoms with E-state index >= 15 is 0 Å². The summed E-state index contributed by atoms with van der Waals surface area (Å²) in [5.74, 6) is -2.10. The van der Waals surface area contributed by atoms with Gasteiger partial charge in [-0.05, 0) is 30.7 Å². The van der Waals surface area contributed by atoms with Gasteiger partial charge in [-0.15, -0.1) is 0 Å². The van der Waals surface area contributed by atoms with Crippen LogP contribution in [0.4, 0.5) is 18.9 Å². The first-order valence-corrected chi connectivity index (χ1v) is 11.1. The fraction of sp³-hybridized carbons (Fsp3) is 0.500. The lowest BCUT2D eigenvalue weighted by Crippen LogP contribution is -2.38. The van der Waals surface area contributed by atoms with Crippen molar-refractivity contribution < 1.29 is 26.4 Å². The minimum Gasteiger partial charge on any atom is -0.294 e. The second kappa shape index (κ2) is 8.79. The predicted octanol–water partition coefficient (Wildman–Crippen LogP) is 4.59. The SMILES string of the molecule is CCCC(=O)c1ccc(N(Cc2cn[nH]c2C(C)(C)C)S(=O)(=O)CC(F)(F)F)cc1. The number of aromatic nitrogens is 2. The summed E-state index contributed by atoms with van der Waals surface area (Å²) in [6, 6.07) is 5.58. The second-order valence-corrected chi connectivity index (χ2v) is 10.0. The van der Waals surface area contributed by atoms with Gasteiger partial charge in [0.25, 0.3) is 0 Å². The number of hydrogen-bond donors (Lipinski definition) is 1. The highest BCUT2D eigenvalue weighted by Gasteiger charge is 2.39. The van der Waals surface area contributed by atoms with E-state index in [1.165, 1.54) is 30.5 Å². The molecule has 0 amide bonds. The molecule has 0 atom stereocenters. The number of aromatic amines is 1. The van der Waals surface area contributed by atoms with Gasteiger partial charge >= 0.3 is 6.18 Å². The van der Waals surface area contributed by atoms with Gasteiger partial charge < -0.3 is 0 Å². The van der Waals surface area contributed by atoms with E-state index in [0.29, 0.717) is 34.0 Å². The van der Waals surface area contributed by atoms with E-state index in [1.54, 1.807) is 0 Å². The van der Waals surface area contributed by atoms with Crippen LogP contribution in [0.3, 0.4) is 0 Å². The first kappa shape index (κ1) is 23.9. The van der Waals surface area contributed by atoms with E-state index in [9.17, 15) is 26.4 Å². The van der Waals surface area contributed by atoms with Gasteiger partial charge in [-0.1, -0.05) is 27.7 Å². The molecule has 166 valence electrons. The molecule has 1 aromatic carbocycles. The van der Waals surface area contributed by atoms with Crippen LogP contribution < -0.4 is 4.31 Å². The molecular formula is C20H26F3N3O3S. The number of carbonyl (C=O) groups is 1. The van der Waals surface area contributed by atoms with Gasteiger partial charge in [0.2, 0.25) is 10.0 Å². The van der Waals surface area contributed by atoms with E-state index in [0.717, 1.165) is 0 Å². The summed E-state index contributed by atoms with van der Waals surface area (Å²) in [5, 5.41) is 6.74. The molecule has 2 rings (SSSR count). The zero-order valence-corrected chi connectivity index (χ0v) is 18.2. The van der Waals surface area contributed by atoms with Crippen molar-refractivity contribution in [2.45, 2.75) is 58.7 Å². The highest BCUT2D eigenvalue weighted by molar-refractivity contribution is 7.92. The number of rotatable bonds is 8. The number of nitrogens with one attached hydrogen (secondary N) is 1. The van der Waals surface area contributed by atoms with E-state index in [2.05, 4.69) is 10.2 Å². The number of H-pyrrole nitrogens is 1. The Hall–Kier alpha value is -2.36. The number of carbonyl (C=O) groups excluding carboxylic acids is 1. The van der Waals surface area contributed by atoms with Crippen LogP contribution in [-0.2, 0) is 22.0 Å². The monoisotopic (exact) mass is 445 g/mol. The Kier molecular flexibility index (Phi) is 7.01. The van der Waals surface area contributed by atoms with Crippen molar-refractivity contribution in [1.82, 2.24) is 10.2 Å². The molecule has 0 radical (unpaired) electrons. The number of halogens is 3. The normalized spacial score (nSPS) is 12.8. The number of Topliss-reactive ketones (excluding diaryl/α,β-unsaturated/α-hetero) is 1. The largest absolute Gasteiger partial charge is 0.404 e. The number of nitrogens with zero attached hydrogens (tertiary/aromatic N) is 2. The maximum absolute atomic E-state index is 13.0. The molecule has 0 spiro atoms. The van der Waals surface area contributed by atoms with E-state index in [4.69, 9.17) is 0 Å². The van der Waals surface area contributed by atoms with Crippen LogP contribution in [0.1, 0.15) is 62.2 Å². The first-order valence-electron chi connectivity index (χ1n) is 9.48. The number of sulfonamides is 1. The van der Waals surface area contributed by atoms with Crippen molar-refractivity contribution in [2.75, 3.05) is 10.1 Å². The average molecular weight is 446 g/mol. The molecule has 1 heterocycles. The van der Waals surface area contributed by atoms with E-state index in [1.807, 2.05) is 27.7 Å². The molecule has 0 fully saturated rings.